The Morgan fingerprint density at radius 3 is 2.26 bits per heavy atom. The van der Waals surface area contributed by atoms with E-state index in [2.05, 4.69) is 27.7 Å². The summed E-state index contributed by atoms with van der Waals surface area (Å²) in [6, 6.07) is 6.40. The number of nitrogens with zero attached hydrogens (tertiary/aromatic N) is 1. The highest BCUT2D eigenvalue weighted by Crippen LogP contribution is 2.74. The van der Waals surface area contributed by atoms with Gasteiger partial charge in [-0.15, -0.1) is 0 Å². The SMILES string of the molecule is CC(=O)O[C@H]1C[C@@]2(C)[C@H](C[C@@H](O)[C@@H]3[C@@]4(C)CC[C@@H](O)[C@@H](C)C4CC[C@@]32C)C1=C(CCC(=C(C)C)c1cccc([N+](=O)[O-])c1)C(=O)OCOC(=O)C(C)(C)C. The third-order valence-corrected chi connectivity index (χ3v) is 14.2. The van der Waals surface area contributed by atoms with Gasteiger partial charge >= 0.3 is 17.9 Å². The zero-order valence-electron chi connectivity index (χ0n) is 33.8. The average molecular weight is 752 g/mol. The minimum Gasteiger partial charge on any atom is -0.458 e. The Hall–Kier alpha value is -3.57. The van der Waals surface area contributed by atoms with Crippen molar-refractivity contribution >= 4 is 29.2 Å². The van der Waals surface area contributed by atoms with E-state index in [1.54, 1.807) is 32.9 Å². The van der Waals surface area contributed by atoms with E-state index in [9.17, 15) is 34.7 Å². The third-order valence-electron chi connectivity index (χ3n) is 14.2. The van der Waals surface area contributed by atoms with Crippen LogP contribution >= 0.6 is 0 Å². The lowest BCUT2D eigenvalue weighted by Gasteiger charge is -2.69. The van der Waals surface area contributed by atoms with Crippen molar-refractivity contribution in [1.82, 2.24) is 0 Å². The molecular formula is C43H61NO10. The summed E-state index contributed by atoms with van der Waals surface area (Å²) in [6.07, 6.45) is 2.66. The fraction of sp³-hybridized carbons (Fsp3) is 0.698. The van der Waals surface area contributed by atoms with Crippen LogP contribution < -0.4 is 0 Å². The van der Waals surface area contributed by atoms with Gasteiger partial charge in [-0.2, -0.15) is 0 Å². The van der Waals surface area contributed by atoms with Gasteiger partial charge in [0.1, 0.15) is 6.10 Å². The van der Waals surface area contributed by atoms with Crippen LogP contribution in [0.5, 0.6) is 0 Å². The van der Waals surface area contributed by atoms with Gasteiger partial charge in [-0.3, -0.25) is 19.7 Å². The van der Waals surface area contributed by atoms with E-state index in [1.165, 1.54) is 19.1 Å². The molecule has 1 unspecified atom stereocenters. The molecule has 0 saturated heterocycles. The molecular weight excluding hydrogens is 690 g/mol. The largest absolute Gasteiger partial charge is 0.458 e. The van der Waals surface area contributed by atoms with Crippen molar-refractivity contribution in [2.75, 3.05) is 6.79 Å². The number of allylic oxidation sites excluding steroid dienone is 2. The van der Waals surface area contributed by atoms with Gasteiger partial charge < -0.3 is 24.4 Å². The Labute approximate surface area is 320 Å². The lowest BCUT2D eigenvalue weighted by Crippen LogP contribution is -2.65. The maximum atomic E-state index is 14.4. The van der Waals surface area contributed by atoms with Crippen LogP contribution in [0.1, 0.15) is 126 Å². The fourth-order valence-electron chi connectivity index (χ4n) is 11.5. The molecule has 5 rings (SSSR count). The van der Waals surface area contributed by atoms with Crippen molar-refractivity contribution in [2.45, 2.75) is 139 Å². The summed E-state index contributed by atoms with van der Waals surface area (Å²) in [7, 11) is 0. The van der Waals surface area contributed by atoms with Crippen molar-refractivity contribution in [1.29, 1.82) is 0 Å². The predicted molar refractivity (Wildman–Crippen MR) is 203 cm³/mol. The second-order valence-electron chi connectivity index (χ2n) is 18.5. The van der Waals surface area contributed by atoms with Gasteiger partial charge in [0.15, 0.2) is 0 Å². The number of non-ortho nitro benzene ring substituents is 1. The molecule has 0 radical (unpaired) electrons. The molecule has 54 heavy (non-hydrogen) atoms. The fourth-order valence-corrected chi connectivity index (χ4v) is 11.5. The van der Waals surface area contributed by atoms with Crippen LogP contribution in [0.15, 0.2) is 41.0 Å². The van der Waals surface area contributed by atoms with Crippen molar-refractivity contribution in [3.63, 3.8) is 0 Å². The normalized spacial score (nSPS) is 35.4. The van der Waals surface area contributed by atoms with Crippen molar-refractivity contribution in [3.05, 3.63) is 56.7 Å². The van der Waals surface area contributed by atoms with Crippen LogP contribution in [0.4, 0.5) is 5.69 Å². The first-order valence-electron chi connectivity index (χ1n) is 19.6. The number of rotatable bonds is 9. The smallest absolute Gasteiger partial charge is 0.336 e. The topological polar surface area (TPSA) is 162 Å². The Kier molecular flexibility index (Phi) is 11.7. The minimum atomic E-state index is -0.813. The van der Waals surface area contributed by atoms with Gasteiger partial charge in [-0.25, -0.2) is 4.79 Å². The summed E-state index contributed by atoms with van der Waals surface area (Å²) >= 11 is 0. The maximum absolute atomic E-state index is 14.4. The number of carbonyl (C=O) groups excluding carboxylic acids is 3. The van der Waals surface area contributed by atoms with E-state index in [0.717, 1.165) is 30.4 Å². The standard InChI is InChI=1S/C43H61NO10/c1-24(2)29(27-12-11-13-28(20-27)44(50)51)14-15-30(38(48)52-23-53-39(49)40(5,6)7)36-32-21-34(47)37-41(8)18-17-33(46)25(3)31(41)16-19-42(37,9)43(32,10)22-35(36)54-26(4)45/h11-13,20,25,31-35,37,46-47H,14-19,21-23H2,1-10H3/t25-,31?,32+,33+,34+,35-,37+,41-,42-,43-/m0/s1. The highest BCUT2D eigenvalue weighted by Gasteiger charge is 2.71. The van der Waals surface area contributed by atoms with E-state index in [4.69, 9.17) is 14.2 Å². The molecule has 0 aliphatic heterocycles. The number of aliphatic hydroxyl groups excluding tert-OH is 2. The lowest BCUT2D eigenvalue weighted by molar-refractivity contribution is -0.384. The van der Waals surface area contributed by atoms with E-state index in [1.807, 2.05) is 13.8 Å². The van der Waals surface area contributed by atoms with Crippen molar-refractivity contribution in [2.24, 2.45) is 45.3 Å². The Bertz CT molecular complexity index is 1720. The Morgan fingerprint density at radius 1 is 0.963 bits per heavy atom. The molecule has 11 heteroatoms. The number of hydrogen-bond acceptors (Lipinski definition) is 10. The first-order valence-corrected chi connectivity index (χ1v) is 19.6. The lowest BCUT2D eigenvalue weighted by atomic mass is 9.36. The summed E-state index contributed by atoms with van der Waals surface area (Å²) in [5.41, 5.74) is 1.38. The Morgan fingerprint density at radius 2 is 1.65 bits per heavy atom. The molecule has 2 N–H and O–H groups in total. The van der Waals surface area contributed by atoms with E-state index < -0.39 is 58.1 Å². The molecule has 10 atom stereocenters. The van der Waals surface area contributed by atoms with Crippen LogP contribution in [0.3, 0.4) is 0 Å². The van der Waals surface area contributed by atoms with Gasteiger partial charge in [0.2, 0.25) is 6.79 Å². The van der Waals surface area contributed by atoms with Crippen molar-refractivity contribution < 1.29 is 43.7 Å². The van der Waals surface area contributed by atoms with E-state index in [-0.39, 0.29) is 47.3 Å². The Balaban J connectivity index is 1.61. The highest BCUT2D eigenvalue weighted by molar-refractivity contribution is 5.90. The number of nitro groups is 1. The monoisotopic (exact) mass is 751 g/mol. The molecule has 0 bridgehead atoms. The van der Waals surface area contributed by atoms with Crippen LogP contribution in [0, 0.1) is 55.4 Å². The first kappa shape index (κ1) is 41.6. The molecule has 4 saturated carbocycles. The van der Waals surface area contributed by atoms with Gasteiger partial charge in [0.05, 0.1) is 22.5 Å². The number of esters is 3. The molecule has 11 nitrogen and oxygen atoms in total. The number of carbonyl (C=O) groups is 3. The molecule has 0 aromatic heterocycles. The van der Waals surface area contributed by atoms with E-state index in [0.29, 0.717) is 42.4 Å². The highest BCUT2D eigenvalue weighted by atomic mass is 16.7. The zero-order valence-corrected chi connectivity index (χ0v) is 33.8. The number of aliphatic hydroxyl groups is 2. The summed E-state index contributed by atoms with van der Waals surface area (Å²) in [5.74, 6) is -1.76. The summed E-state index contributed by atoms with van der Waals surface area (Å²) in [5, 5.41) is 34.9. The van der Waals surface area contributed by atoms with Crippen LogP contribution in [0.2, 0.25) is 0 Å². The molecule has 0 heterocycles. The molecule has 0 spiro atoms. The second-order valence-corrected chi connectivity index (χ2v) is 18.5. The minimum absolute atomic E-state index is 0.0457. The number of nitro benzene ring substituents is 1. The first-order chi connectivity index (χ1) is 25.1. The molecule has 4 aliphatic rings. The van der Waals surface area contributed by atoms with Crippen LogP contribution in [-0.2, 0) is 28.6 Å². The number of hydrogen-bond donors (Lipinski definition) is 2. The number of ether oxygens (including phenoxy) is 3. The van der Waals surface area contributed by atoms with Gasteiger partial charge in [0.25, 0.3) is 5.69 Å². The average Bonchev–Trinajstić information content (AvgIpc) is 3.35. The summed E-state index contributed by atoms with van der Waals surface area (Å²) in [4.78, 5) is 51.0. The second kappa shape index (κ2) is 15.2. The van der Waals surface area contributed by atoms with Crippen molar-refractivity contribution in [3.8, 4) is 0 Å². The molecule has 4 aliphatic carbocycles. The van der Waals surface area contributed by atoms with Crippen LogP contribution in [-0.4, -0.2) is 58.1 Å². The molecule has 4 fully saturated rings. The van der Waals surface area contributed by atoms with Gasteiger partial charge in [0, 0.05) is 24.6 Å². The van der Waals surface area contributed by atoms with E-state index >= 15 is 0 Å². The summed E-state index contributed by atoms with van der Waals surface area (Å²) < 4.78 is 17.1. The predicted octanol–water partition coefficient (Wildman–Crippen LogP) is 8.11. The number of benzene rings is 1. The third kappa shape index (κ3) is 7.39. The van der Waals surface area contributed by atoms with Crippen LogP contribution in [0.25, 0.3) is 5.57 Å². The quantitative estimate of drug-likeness (QED) is 0.0829. The molecule has 0 amide bonds. The number of fused-ring (bicyclic) bond motifs is 5. The molecule has 1 aromatic rings. The maximum Gasteiger partial charge on any atom is 0.336 e. The molecule has 298 valence electrons. The zero-order chi connectivity index (χ0) is 40.1. The summed E-state index contributed by atoms with van der Waals surface area (Å²) in [6.45, 7) is 18.6. The molecule has 1 aromatic carbocycles. The van der Waals surface area contributed by atoms with Gasteiger partial charge in [-0.05, 0) is 143 Å². The van der Waals surface area contributed by atoms with Gasteiger partial charge in [-0.1, -0.05) is 45.4 Å².